The SMILES string of the molecule is O=S(=O)(c1ccc(F)c(C(F)(F)F)c1)N1CCN(c2ccc(-c3cccs3)nn2)CC1. The van der Waals surface area contributed by atoms with Crippen LogP contribution in [-0.2, 0) is 16.2 Å². The van der Waals surface area contributed by atoms with Crippen LogP contribution in [0.4, 0.5) is 23.4 Å². The van der Waals surface area contributed by atoms with Crippen molar-refractivity contribution in [2.75, 3.05) is 31.1 Å². The summed E-state index contributed by atoms with van der Waals surface area (Å²) >= 11 is 1.54. The van der Waals surface area contributed by atoms with E-state index in [-0.39, 0.29) is 13.1 Å². The Morgan fingerprint density at radius 1 is 0.968 bits per heavy atom. The van der Waals surface area contributed by atoms with E-state index < -0.39 is 32.5 Å². The minimum Gasteiger partial charge on any atom is -0.352 e. The Morgan fingerprint density at radius 2 is 1.71 bits per heavy atom. The first kappa shape index (κ1) is 21.7. The topological polar surface area (TPSA) is 66.4 Å². The van der Waals surface area contributed by atoms with Crippen molar-refractivity contribution in [2.24, 2.45) is 0 Å². The second-order valence-corrected chi connectivity index (χ2v) is 9.67. The molecule has 0 saturated carbocycles. The largest absolute Gasteiger partial charge is 0.419 e. The van der Waals surface area contributed by atoms with Crippen LogP contribution in [0.2, 0.25) is 0 Å². The molecule has 2 aromatic heterocycles. The van der Waals surface area contributed by atoms with Crippen molar-refractivity contribution in [3.05, 3.63) is 59.2 Å². The summed E-state index contributed by atoms with van der Waals surface area (Å²) in [4.78, 5) is 2.24. The lowest BCUT2D eigenvalue weighted by Crippen LogP contribution is -2.49. The molecule has 1 aliphatic rings. The minimum absolute atomic E-state index is 0.0510. The van der Waals surface area contributed by atoms with E-state index >= 15 is 0 Å². The second kappa shape index (κ2) is 8.17. The smallest absolute Gasteiger partial charge is 0.352 e. The highest BCUT2D eigenvalue weighted by Crippen LogP contribution is 2.33. The number of thiophene rings is 1. The van der Waals surface area contributed by atoms with Gasteiger partial charge in [0.05, 0.1) is 15.3 Å². The van der Waals surface area contributed by atoms with Crippen LogP contribution >= 0.6 is 11.3 Å². The van der Waals surface area contributed by atoms with E-state index in [1.165, 1.54) is 11.3 Å². The highest BCUT2D eigenvalue weighted by atomic mass is 32.2. The molecule has 3 heterocycles. The maximum atomic E-state index is 13.5. The molecule has 164 valence electrons. The van der Waals surface area contributed by atoms with Gasteiger partial charge in [0.2, 0.25) is 10.0 Å². The van der Waals surface area contributed by atoms with Gasteiger partial charge in [-0.15, -0.1) is 21.5 Å². The molecule has 0 bridgehead atoms. The molecule has 1 saturated heterocycles. The minimum atomic E-state index is -4.98. The average Bonchev–Trinajstić information content (AvgIpc) is 3.28. The van der Waals surface area contributed by atoms with Gasteiger partial charge >= 0.3 is 6.18 Å². The van der Waals surface area contributed by atoms with E-state index in [0.717, 1.165) is 20.9 Å². The van der Waals surface area contributed by atoms with Gasteiger partial charge < -0.3 is 4.90 Å². The molecule has 0 atom stereocenters. The summed E-state index contributed by atoms with van der Waals surface area (Å²) in [5.41, 5.74) is -0.870. The molecule has 1 aromatic carbocycles. The van der Waals surface area contributed by atoms with E-state index in [2.05, 4.69) is 10.2 Å². The highest BCUT2D eigenvalue weighted by Gasteiger charge is 2.37. The maximum Gasteiger partial charge on any atom is 0.419 e. The van der Waals surface area contributed by atoms with Crippen LogP contribution < -0.4 is 4.90 Å². The van der Waals surface area contributed by atoms with Crippen molar-refractivity contribution in [2.45, 2.75) is 11.1 Å². The predicted octanol–water partition coefficient (Wildman–Crippen LogP) is 3.87. The van der Waals surface area contributed by atoms with Crippen LogP contribution in [0.15, 0.2) is 52.7 Å². The third-order valence-corrected chi connectivity index (χ3v) is 7.65. The number of aromatic nitrogens is 2. The molecule has 4 rings (SSSR count). The molecule has 0 amide bonds. The van der Waals surface area contributed by atoms with Gasteiger partial charge in [-0.2, -0.15) is 17.5 Å². The van der Waals surface area contributed by atoms with Crippen molar-refractivity contribution in [3.8, 4) is 10.6 Å². The molecule has 0 unspecified atom stereocenters. The van der Waals surface area contributed by atoms with Crippen LogP contribution in [0.1, 0.15) is 5.56 Å². The number of nitrogens with zero attached hydrogens (tertiary/aromatic N) is 4. The number of sulfonamides is 1. The Hall–Kier alpha value is -2.57. The van der Waals surface area contributed by atoms with Gasteiger partial charge in [-0.05, 0) is 41.8 Å². The van der Waals surface area contributed by atoms with E-state index in [0.29, 0.717) is 31.0 Å². The Labute approximate surface area is 179 Å². The van der Waals surface area contributed by atoms with Crippen LogP contribution in [-0.4, -0.2) is 49.1 Å². The lowest BCUT2D eigenvalue weighted by atomic mass is 10.2. The fourth-order valence-electron chi connectivity index (χ4n) is 3.24. The lowest BCUT2D eigenvalue weighted by molar-refractivity contribution is -0.140. The Balaban J connectivity index is 1.47. The molecular formula is C19H16F4N4O2S2. The number of hydrogen-bond donors (Lipinski definition) is 0. The summed E-state index contributed by atoms with van der Waals surface area (Å²) in [7, 11) is -4.20. The van der Waals surface area contributed by atoms with Crippen LogP contribution in [0.3, 0.4) is 0 Å². The molecule has 6 nitrogen and oxygen atoms in total. The van der Waals surface area contributed by atoms with Crippen molar-refractivity contribution < 1.29 is 26.0 Å². The number of rotatable bonds is 4. The monoisotopic (exact) mass is 472 g/mol. The van der Waals surface area contributed by atoms with Gasteiger partial charge in [0.1, 0.15) is 11.5 Å². The number of halogens is 4. The van der Waals surface area contributed by atoms with Crippen molar-refractivity contribution in [1.82, 2.24) is 14.5 Å². The first-order valence-corrected chi connectivity index (χ1v) is 11.5. The Kier molecular flexibility index (Phi) is 5.71. The zero-order chi connectivity index (χ0) is 22.2. The number of alkyl halides is 3. The first-order chi connectivity index (χ1) is 14.7. The maximum absolute atomic E-state index is 13.5. The molecule has 1 fully saturated rings. The number of hydrogen-bond acceptors (Lipinski definition) is 6. The standard InChI is InChI=1S/C19H16F4N4O2S2/c20-15-4-3-13(12-14(15)19(21,22)23)31(28,29)27-9-7-26(8-10-27)18-6-5-16(24-25-18)17-2-1-11-30-17/h1-6,11-12H,7-10H2. The molecule has 1 aliphatic heterocycles. The third kappa shape index (κ3) is 4.41. The summed E-state index contributed by atoms with van der Waals surface area (Å²) in [6, 6.07) is 9.17. The summed E-state index contributed by atoms with van der Waals surface area (Å²) in [6.45, 7) is 0.685. The molecule has 0 spiro atoms. The van der Waals surface area contributed by atoms with Crippen molar-refractivity contribution in [3.63, 3.8) is 0 Å². The Morgan fingerprint density at radius 3 is 2.29 bits per heavy atom. The highest BCUT2D eigenvalue weighted by molar-refractivity contribution is 7.89. The van der Waals surface area contributed by atoms with Gasteiger partial charge in [0.25, 0.3) is 0 Å². The fourth-order valence-corrected chi connectivity index (χ4v) is 5.38. The number of benzene rings is 1. The van der Waals surface area contributed by atoms with Crippen LogP contribution in [0.25, 0.3) is 10.6 Å². The van der Waals surface area contributed by atoms with Gasteiger partial charge in [-0.3, -0.25) is 0 Å². The molecule has 3 aromatic rings. The molecule has 0 N–H and O–H groups in total. The fraction of sp³-hybridized carbons (Fsp3) is 0.263. The van der Waals surface area contributed by atoms with E-state index in [4.69, 9.17) is 0 Å². The van der Waals surface area contributed by atoms with Crippen molar-refractivity contribution >= 4 is 27.2 Å². The predicted molar refractivity (Wildman–Crippen MR) is 108 cm³/mol. The Bertz CT molecular complexity index is 1160. The lowest BCUT2D eigenvalue weighted by Gasteiger charge is -2.34. The second-order valence-electron chi connectivity index (χ2n) is 6.78. The van der Waals surface area contributed by atoms with Gasteiger partial charge in [0.15, 0.2) is 5.82 Å². The normalized spacial score (nSPS) is 15.9. The summed E-state index contributed by atoms with van der Waals surface area (Å²) in [5.74, 6) is -0.931. The molecular weight excluding hydrogens is 456 g/mol. The van der Waals surface area contributed by atoms with Gasteiger partial charge in [0, 0.05) is 26.2 Å². The first-order valence-electron chi connectivity index (χ1n) is 9.16. The molecule has 12 heteroatoms. The number of anilines is 1. The summed E-state index contributed by atoms with van der Waals surface area (Å²) in [6.07, 6.45) is -4.98. The van der Waals surface area contributed by atoms with Crippen molar-refractivity contribution in [1.29, 1.82) is 0 Å². The van der Waals surface area contributed by atoms with Crippen LogP contribution in [0, 0.1) is 5.82 Å². The molecule has 0 radical (unpaired) electrons. The summed E-state index contributed by atoms with van der Waals surface area (Å²) < 4.78 is 79.0. The van der Waals surface area contributed by atoms with E-state index in [9.17, 15) is 26.0 Å². The molecule has 0 aliphatic carbocycles. The summed E-state index contributed by atoms with van der Waals surface area (Å²) in [5, 5.41) is 10.3. The zero-order valence-electron chi connectivity index (χ0n) is 15.9. The van der Waals surface area contributed by atoms with Gasteiger partial charge in [-0.25, -0.2) is 12.8 Å². The van der Waals surface area contributed by atoms with E-state index in [1.54, 1.807) is 6.07 Å². The third-order valence-electron chi connectivity index (χ3n) is 4.87. The average molecular weight is 472 g/mol. The quantitative estimate of drug-likeness (QED) is 0.540. The molecule has 31 heavy (non-hydrogen) atoms. The zero-order valence-corrected chi connectivity index (χ0v) is 17.5. The number of piperazine rings is 1. The van der Waals surface area contributed by atoms with Crippen LogP contribution in [0.5, 0.6) is 0 Å². The van der Waals surface area contributed by atoms with Gasteiger partial charge in [-0.1, -0.05) is 6.07 Å². The van der Waals surface area contributed by atoms with E-state index in [1.807, 2.05) is 28.5 Å².